The topological polar surface area (TPSA) is 249 Å². The Hall–Kier alpha value is 0.714. The van der Waals surface area contributed by atoms with E-state index in [2.05, 4.69) is 13.8 Å². The first-order chi connectivity index (χ1) is 16.9. The molecule has 0 aromatic carbocycles. The van der Waals surface area contributed by atoms with E-state index in [9.17, 15) is 22.6 Å². The fourth-order valence-electron chi connectivity index (χ4n) is 2.82. The van der Waals surface area contributed by atoms with Gasteiger partial charge in [-0.25, -0.2) is 0 Å². The minimum atomic E-state index is -5.00. The molecule has 0 aliphatic rings. The number of hydrogen-bond donors (Lipinski definition) is 8. The molecule has 18 heteroatoms. The average molecular weight is 644 g/mol. The number of carbonyl (C=O) groups is 2. The molecular formula is C20H46NaO14PSTi. The Morgan fingerprint density at radius 3 is 1.45 bits per heavy atom. The van der Waals surface area contributed by atoms with Crippen molar-refractivity contribution < 1.29 is 79.6 Å². The van der Waals surface area contributed by atoms with Crippen LogP contribution in [0, 0.1) is 11.8 Å². The van der Waals surface area contributed by atoms with Crippen molar-refractivity contribution in [2.75, 3.05) is 13.2 Å². The van der Waals surface area contributed by atoms with Crippen LogP contribution in [0.3, 0.4) is 0 Å². The molecule has 0 radical (unpaired) electrons. The second-order valence-corrected chi connectivity index (χ2v) is 12.2. The van der Waals surface area contributed by atoms with Gasteiger partial charge in [0, 0.05) is 0 Å². The standard InChI is InChI=1S/C20H38O7S.Na.H3O3P.4H2O.Ti.H/c1-5-9-11-16(7-3)14-26-19(21)13-18(28(23,24)25)20(22)27-15-17(8-4)12-10-6-2;;1-4(2)3;;;;;;/h16-18H,5-15H2,1-4H3,(H,23,24,25);;1-3H;4*1H2;;/q;;;;;;;+4;/p-4. The first-order valence-corrected chi connectivity index (χ1v) is 17.5. The maximum atomic E-state index is 12.2. The molecule has 0 heterocycles. The normalized spacial score (nSPS) is 13.5. The molecule has 14 nitrogen and oxygen atoms in total. The van der Waals surface area contributed by atoms with Crippen LogP contribution in [0.5, 0.6) is 0 Å². The summed E-state index contributed by atoms with van der Waals surface area (Å²) in [6.45, 7) is 8.35. The van der Waals surface area contributed by atoms with E-state index in [0.717, 1.165) is 51.4 Å². The molecule has 0 bridgehead atoms. The molecule has 38 heavy (non-hydrogen) atoms. The van der Waals surface area contributed by atoms with E-state index in [1.165, 1.54) is 0 Å². The van der Waals surface area contributed by atoms with Gasteiger partial charge in [-0.05, 0) is 24.7 Å². The number of unbranched alkanes of at least 4 members (excludes halogenated alkanes) is 2. The van der Waals surface area contributed by atoms with Crippen LogP contribution in [-0.4, -0.2) is 102 Å². The van der Waals surface area contributed by atoms with E-state index >= 15 is 0 Å². The Labute approximate surface area is 254 Å². The first kappa shape index (κ1) is 45.7. The average Bonchev–Trinajstić information content (AvgIpc) is 2.75. The molecular weight excluding hydrogens is 598 g/mol. The van der Waals surface area contributed by atoms with Gasteiger partial charge in [0.2, 0.25) is 0 Å². The van der Waals surface area contributed by atoms with Gasteiger partial charge in [0.05, 0.1) is 19.6 Å². The Balaban J connectivity index is -0.000000495. The van der Waals surface area contributed by atoms with Crippen LogP contribution in [0.15, 0.2) is 0 Å². The number of hydrogen-bond acceptors (Lipinski definition) is 13. The summed E-state index contributed by atoms with van der Waals surface area (Å²) in [5.41, 5.74) is 0. The minimum absolute atomic E-state index is 0. The van der Waals surface area contributed by atoms with E-state index in [-0.39, 0.29) is 54.6 Å². The monoisotopic (exact) mass is 644 g/mol. The molecule has 0 aliphatic carbocycles. The summed E-state index contributed by atoms with van der Waals surface area (Å²) in [4.78, 5) is 45.9. The molecule has 0 rings (SSSR count). The third kappa shape index (κ3) is 34.7. The zero-order valence-corrected chi connectivity index (χ0v) is 25.2. The van der Waals surface area contributed by atoms with Gasteiger partial charge in [0.15, 0.2) is 5.25 Å². The second-order valence-electron chi connectivity index (χ2n) is 8.22. The van der Waals surface area contributed by atoms with Gasteiger partial charge < -0.3 is 24.2 Å². The van der Waals surface area contributed by atoms with Gasteiger partial charge in [-0.1, -0.05) is 66.2 Å². The van der Waals surface area contributed by atoms with Crippen molar-refractivity contribution in [2.45, 2.75) is 90.7 Å². The molecule has 0 aliphatic heterocycles. The van der Waals surface area contributed by atoms with Crippen LogP contribution < -0.4 is 0 Å². The van der Waals surface area contributed by atoms with Crippen LogP contribution in [0.2, 0.25) is 0 Å². The molecule has 0 aromatic rings. The number of esters is 2. The van der Waals surface area contributed by atoms with E-state index in [1.54, 1.807) is 0 Å². The van der Waals surface area contributed by atoms with Crippen molar-refractivity contribution >= 4 is 60.2 Å². The first-order valence-electron chi connectivity index (χ1n) is 12.0. The van der Waals surface area contributed by atoms with Crippen molar-refractivity contribution in [3.63, 3.8) is 0 Å². The Morgan fingerprint density at radius 2 is 1.16 bits per heavy atom. The van der Waals surface area contributed by atoms with Crippen LogP contribution >= 0.6 is 8.60 Å². The van der Waals surface area contributed by atoms with Crippen molar-refractivity contribution in [3.8, 4) is 0 Å². The summed E-state index contributed by atoms with van der Waals surface area (Å²) in [5.74, 6) is -1.61. The van der Waals surface area contributed by atoms with Gasteiger partial charge in [0.1, 0.15) is 0 Å². The van der Waals surface area contributed by atoms with Gasteiger partial charge in [0.25, 0.3) is 10.1 Å². The van der Waals surface area contributed by atoms with Crippen molar-refractivity contribution in [3.05, 3.63) is 0 Å². The second kappa shape index (κ2) is 26.6. The van der Waals surface area contributed by atoms with Crippen molar-refractivity contribution in [2.24, 2.45) is 11.8 Å². The van der Waals surface area contributed by atoms with Gasteiger partial charge >= 0.3 is 83.0 Å². The Bertz CT molecular complexity index is 685. The predicted octanol–water partition coefficient (Wildman–Crippen LogP) is 0.463. The molecule has 0 spiro atoms. The van der Waals surface area contributed by atoms with Crippen molar-refractivity contribution in [1.82, 2.24) is 0 Å². The SMILES string of the molecule is CCCCC(CC)COC(=O)CC(C(=O)OCC(CC)CCCC)S(=O)(=O)O.OP(O)O.[NaH].[OH][Ti]([OH])([OH])[OH]. The number of carbonyl (C=O) groups excluding carboxylic acids is 2. The van der Waals surface area contributed by atoms with Crippen LogP contribution in [-0.2, 0) is 47.3 Å². The predicted molar refractivity (Wildman–Crippen MR) is 138 cm³/mol. The van der Waals surface area contributed by atoms with E-state index in [4.69, 9.17) is 38.9 Å². The van der Waals surface area contributed by atoms with Crippen LogP contribution in [0.4, 0.5) is 0 Å². The molecule has 226 valence electrons. The third-order valence-corrected chi connectivity index (χ3v) is 6.08. The molecule has 0 aromatic heterocycles. The van der Waals surface area contributed by atoms with Gasteiger partial charge in [-0.2, -0.15) is 8.42 Å². The Kier molecular flexibility index (Phi) is 32.0. The van der Waals surface area contributed by atoms with Gasteiger partial charge in [-0.15, -0.1) is 0 Å². The molecule has 0 fully saturated rings. The van der Waals surface area contributed by atoms with E-state index < -0.39 is 60.5 Å². The summed E-state index contributed by atoms with van der Waals surface area (Å²) in [6.07, 6.45) is 6.74. The summed E-state index contributed by atoms with van der Waals surface area (Å²) >= 11 is -5.00. The maximum absolute atomic E-state index is 12.2. The molecule has 0 saturated carbocycles. The van der Waals surface area contributed by atoms with E-state index in [0.29, 0.717) is 0 Å². The van der Waals surface area contributed by atoms with Crippen LogP contribution in [0.25, 0.3) is 0 Å². The third-order valence-electron chi connectivity index (χ3n) is 5.00. The summed E-state index contributed by atoms with van der Waals surface area (Å²) in [7, 11) is -7.38. The molecule has 0 saturated heterocycles. The number of rotatable bonds is 16. The fourth-order valence-corrected chi connectivity index (χ4v) is 3.48. The molecule has 3 atom stereocenters. The zero-order valence-electron chi connectivity index (χ0n) is 21.9. The molecule has 3 unspecified atom stereocenters. The summed E-state index contributed by atoms with van der Waals surface area (Å²) in [6, 6.07) is 0. The van der Waals surface area contributed by atoms with Gasteiger partial charge in [-0.3, -0.25) is 14.1 Å². The summed E-state index contributed by atoms with van der Waals surface area (Å²) < 4.78 is 72.3. The van der Waals surface area contributed by atoms with Crippen molar-refractivity contribution in [1.29, 1.82) is 0 Å². The molecule has 0 amide bonds. The Morgan fingerprint density at radius 1 is 0.816 bits per heavy atom. The zero-order chi connectivity index (χ0) is 29.7. The summed E-state index contributed by atoms with van der Waals surface area (Å²) in [5, 5.41) is -1.95. The quantitative estimate of drug-likeness (QED) is 0.0492. The molecule has 8 N–H and O–H groups in total. The number of ether oxygens (including phenoxy) is 2. The van der Waals surface area contributed by atoms with E-state index in [1.807, 2.05) is 13.8 Å². The fraction of sp³-hybridized carbons (Fsp3) is 0.900. The van der Waals surface area contributed by atoms with Crippen LogP contribution in [0.1, 0.15) is 85.5 Å².